The third-order valence-electron chi connectivity index (χ3n) is 5.93. The first-order valence-corrected chi connectivity index (χ1v) is 11.3. The fourth-order valence-corrected chi connectivity index (χ4v) is 4.58. The van der Waals surface area contributed by atoms with E-state index in [9.17, 15) is 23.1 Å². The zero-order valence-electron chi connectivity index (χ0n) is 18.1. The van der Waals surface area contributed by atoms with Crippen LogP contribution in [-0.2, 0) is 11.0 Å². The summed E-state index contributed by atoms with van der Waals surface area (Å²) >= 11 is 5.87. The zero-order chi connectivity index (χ0) is 24.3. The monoisotopic (exact) mass is 489 g/mol. The summed E-state index contributed by atoms with van der Waals surface area (Å²) in [5.41, 5.74) is 0.176. The van der Waals surface area contributed by atoms with Gasteiger partial charge in [0.15, 0.2) is 0 Å². The number of aliphatic carboxylic acids is 1. The van der Waals surface area contributed by atoms with Gasteiger partial charge in [0, 0.05) is 6.54 Å². The van der Waals surface area contributed by atoms with Crippen LogP contribution in [-0.4, -0.2) is 29.1 Å². The number of halogens is 4. The van der Waals surface area contributed by atoms with E-state index in [1.165, 1.54) is 6.07 Å². The van der Waals surface area contributed by atoms with Crippen LogP contribution >= 0.6 is 11.6 Å². The number of carboxylic acid groups (broad SMARTS) is 1. The lowest BCUT2D eigenvalue weighted by molar-refractivity contribution is -0.143. The summed E-state index contributed by atoms with van der Waals surface area (Å²) in [6.45, 7) is 0.788. The van der Waals surface area contributed by atoms with Gasteiger partial charge in [0.2, 0.25) is 0 Å². The molecule has 0 spiro atoms. The predicted octanol–water partition coefficient (Wildman–Crippen LogP) is 7.04. The molecule has 3 aromatic rings. The first kappa shape index (κ1) is 24.1. The topological polar surface area (TPSA) is 49.8 Å². The van der Waals surface area contributed by atoms with Gasteiger partial charge < -0.3 is 9.84 Å². The van der Waals surface area contributed by atoms with Gasteiger partial charge in [0.1, 0.15) is 11.5 Å². The Kier molecular flexibility index (Phi) is 7.14. The summed E-state index contributed by atoms with van der Waals surface area (Å²) in [6.07, 6.45) is -3.45. The minimum absolute atomic E-state index is 0.230. The Bertz CT molecular complexity index is 1150. The van der Waals surface area contributed by atoms with Crippen molar-refractivity contribution in [1.82, 2.24) is 4.90 Å². The highest BCUT2D eigenvalue weighted by atomic mass is 35.5. The van der Waals surface area contributed by atoms with Crippen LogP contribution in [0.5, 0.6) is 11.5 Å². The van der Waals surface area contributed by atoms with Gasteiger partial charge >= 0.3 is 12.1 Å². The van der Waals surface area contributed by atoms with E-state index in [4.69, 9.17) is 16.3 Å². The fourth-order valence-electron chi connectivity index (χ4n) is 4.36. The standard InChI is InChI=1S/C26H23ClF3NO3/c27-23-12-11-18(15-22(23)26(28,29)30)24(31-13-5-7-19(16-31)25(32)33)17-6-4-10-21(14-17)34-20-8-2-1-3-9-20/h1-4,6,8-12,14-15,19,24H,5,7,13,16H2,(H,32,33). The number of carbonyl (C=O) groups is 1. The third kappa shape index (κ3) is 5.54. The summed E-state index contributed by atoms with van der Waals surface area (Å²) in [4.78, 5) is 13.6. The molecule has 1 aliphatic heterocycles. The van der Waals surface area contributed by atoms with Gasteiger partial charge in [-0.2, -0.15) is 13.2 Å². The van der Waals surface area contributed by atoms with E-state index in [2.05, 4.69) is 0 Å². The van der Waals surface area contributed by atoms with Crippen LogP contribution in [0.25, 0.3) is 0 Å². The quantitative estimate of drug-likeness (QED) is 0.403. The zero-order valence-corrected chi connectivity index (χ0v) is 18.9. The van der Waals surface area contributed by atoms with Gasteiger partial charge in [0.05, 0.1) is 22.5 Å². The van der Waals surface area contributed by atoms with Crippen molar-refractivity contribution in [3.05, 3.63) is 94.5 Å². The first-order chi connectivity index (χ1) is 16.2. The van der Waals surface area contributed by atoms with Gasteiger partial charge in [-0.25, -0.2) is 0 Å². The highest BCUT2D eigenvalue weighted by Gasteiger charge is 2.36. The van der Waals surface area contributed by atoms with E-state index in [0.717, 1.165) is 6.07 Å². The Balaban J connectivity index is 1.76. The largest absolute Gasteiger partial charge is 0.481 e. The van der Waals surface area contributed by atoms with Crippen molar-refractivity contribution < 1.29 is 27.8 Å². The average molecular weight is 490 g/mol. The van der Waals surface area contributed by atoms with E-state index >= 15 is 0 Å². The van der Waals surface area contributed by atoms with E-state index in [-0.39, 0.29) is 11.6 Å². The van der Waals surface area contributed by atoms with Crippen LogP contribution in [0.15, 0.2) is 72.8 Å². The number of carboxylic acids is 1. The maximum atomic E-state index is 13.6. The number of alkyl halides is 3. The molecule has 8 heteroatoms. The van der Waals surface area contributed by atoms with E-state index in [1.807, 2.05) is 29.2 Å². The van der Waals surface area contributed by atoms with Crippen LogP contribution in [0.4, 0.5) is 13.2 Å². The molecule has 0 saturated carbocycles. The van der Waals surface area contributed by atoms with Crippen LogP contribution in [0, 0.1) is 5.92 Å². The molecule has 1 fully saturated rings. The average Bonchev–Trinajstić information content (AvgIpc) is 2.81. The highest BCUT2D eigenvalue weighted by Crippen LogP contribution is 2.40. The van der Waals surface area contributed by atoms with Crippen molar-refractivity contribution in [2.75, 3.05) is 13.1 Å². The maximum absolute atomic E-state index is 13.6. The number of ether oxygens (including phenoxy) is 1. The van der Waals surface area contributed by atoms with Crippen molar-refractivity contribution in [2.45, 2.75) is 25.1 Å². The first-order valence-electron chi connectivity index (χ1n) is 10.9. The van der Waals surface area contributed by atoms with Gasteiger partial charge in [-0.15, -0.1) is 0 Å². The lowest BCUT2D eigenvalue weighted by Crippen LogP contribution is -2.41. The summed E-state index contributed by atoms with van der Waals surface area (Å²) in [6, 6.07) is 19.6. The molecule has 1 N–H and O–H groups in total. The van der Waals surface area contributed by atoms with Crippen LogP contribution in [0.1, 0.15) is 35.6 Å². The van der Waals surface area contributed by atoms with Crippen molar-refractivity contribution in [1.29, 1.82) is 0 Å². The molecule has 4 nitrogen and oxygen atoms in total. The number of rotatable bonds is 6. The van der Waals surface area contributed by atoms with E-state index < -0.39 is 29.7 Å². The van der Waals surface area contributed by atoms with Gasteiger partial charge in [-0.1, -0.05) is 48.0 Å². The summed E-state index contributed by atoms with van der Waals surface area (Å²) in [5.74, 6) is -0.331. The number of piperidine rings is 1. The van der Waals surface area contributed by atoms with Gasteiger partial charge in [-0.05, 0) is 66.9 Å². The molecule has 1 saturated heterocycles. The van der Waals surface area contributed by atoms with Crippen molar-refractivity contribution in [3.8, 4) is 11.5 Å². The van der Waals surface area contributed by atoms with E-state index in [0.29, 0.717) is 42.0 Å². The smallest absolute Gasteiger partial charge is 0.417 e. The summed E-state index contributed by atoms with van der Waals surface area (Å²) in [7, 11) is 0. The second-order valence-corrected chi connectivity index (χ2v) is 8.71. The number of para-hydroxylation sites is 1. The molecule has 2 atom stereocenters. The molecule has 0 radical (unpaired) electrons. The number of nitrogens with zero attached hydrogens (tertiary/aromatic N) is 1. The Morgan fingerprint density at radius 1 is 1.00 bits per heavy atom. The molecule has 2 unspecified atom stereocenters. The normalized spacial score (nSPS) is 17.8. The molecule has 0 aromatic heterocycles. The fraction of sp³-hybridized carbons (Fsp3) is 0.269. The van der Waals surface area contributed by atoms with Gasteiger partial charge in [-0.3, -0.25) is 9.69 Å². The molecular formula is C26H23ClF3NO3. The van der Waals surface area contributed by atoms with Crippen LogP contribution < -0.4 is 4.74 Å². The number of likely N-dealkylation sites (tertiary alicyclic amines) is 1. The summed E-state index contributed by atoms with van der Waals surface area (Å²) in [5, 5.41) is 9.18. The highest BCUT2D eigenvalue weighted by molar-refractivity contribution is 6.31. The summed E-state index contributed by atoms with van der Waals surface area (Å²) < 4.78 is 46.8. The Labute approximate surface area is 200 Å². The van der Waals surface area contributed by atoms with Crippen molar-refractivity contribution in [3.63, 3.8) is 0 Å². The molecule has 0 aliphatic carbocycles. The molecule has 1 heterocycles. The molecule has 0 amide bonds. The van der Waals surface area contributed by atoms with Crippen LogP contribution in [0.3, 0.4) is 0 Å². The predicted molar refractivity (Wildman–Crippen MR) is 123 cm³/mol. The second-order valence-electron chi connectivity index (χ2n) is 8.30. The third-order valence-corrected chi connectivity index (χ3v) is 6.26. The number of benzene rings is 3. The Hall–Kier alpha value is -3.03. The van der Waals surface area contributed by atoms with Crippen molar-refractivity contribution in [2.24, 2.45) is 5.92 Å². The lowest BCUT2D eigenvalue weighted by Gasteiger charge is -2.38. The molecule has 4 rings (SSSR count). The maximum Gasteiger partial charge on any atom is 0.417 e. The lowest BCUT2D eigenvalue weighted by atomic mass is 9.90. The number of hydrogen-bond acceptors (Lipinski definition) is 3. The Morgan fingerprint density at radius 2 is 1.71 bits per heavy atom. The SMILES string of the molecule is O=C(O)C1CCCN(C(c2cccc(Oc3ccccc3)c2)c2ccc(Cl)c(C(F)(F)F)c2)C1. The molecule has 1 aliphatic rings. The number of hydrogen-bond donors (Lipinski definition) is 1. The molecule has 0 bridgehead atoms. The molecule has 3 aromatic carbocycles. The minimum atomic E-state index is -4.61. The minimum Gasteiger partial charge on any atom is -0.481 e. The Morgan fingerprint density at radius 3 is 2.41 bits per heavy atom. The van der Waals surface area contributed by atoms with Crippen LogP contribution in [0.2, 0.25) is 5.02 Å². The molecular weight excluding hydrogens is 467 g/mol. The van der Waals surface area contributed by atoms with Gasteiger partial charge in [0.25, 0.3) is 0 Å². The second kappa shape index (κ2) is 10.1. The van der Waals surface area contributed by atoms with Crippen molar-refractivity contribution >= 4 is 17.6 Å². The van der Waals surface area contributed by atoms with E-state index in [1.54, 1.807) is 36.4 Å². The molecule has 178 valence electrons. The molecule has 34 heavy (non-hydrogen) atoms.